The Hall–Kier alpha value is -1.62. The van der Waals surface area contributed by atoms with E-state index in [0.29, 0.717) is 18.2 Å². The van der Waals surface area contributed by atoms with Crippen LogP contribution in [0.3, 0.4) is 0 Å². The van der Waals surface area contributed by atoms with Gasteiger partial charge in [-0.05, 0) is 40.9 Å². The number of aromatic carboxylic acids is 1. The maximum Gasteiger partial charge on any atom is 0.337 e. The van der Waals surface area contributed by atoms with Crippen molar-refractivity contribution in [1.82, 2.24) is 9.88 Å². The fraction of sp³-hybridized carbons (Fsp3) is 0.538. The summed E-state index contributed by atoms with van der Waals surface area (Å²) >= 11 is 0. The van der Waals surface area contributed by atoms with Gasteiger partial charge in [0.05, 0.1) is 11.3 Å². The van der Waals surface area contributed by atoms with Crippen LogP contribution in [0.4, 0.5) is 0 Å². The van der Waals surface area contributed by atoms with Crippen molar-refractivity contribution in [2.45, 2.75) is 26.3 Å². The van der Waals surface area contributed by atoms with E-state index in [1.165, 1.54) is 6.07 Å². The molecule has 0 aliphatic heterocycles. The lowest BCUT2D eigenvalue weighted by atomic mass is 10.1. The molecule has 0 radical (unpaired) electrons. The first-order valence-electron chi connectivity index (χ1n) is 5.75. The highest BCUT2D eigenvalue weighted by Gasteiger charge is 2.21. The van der Waals surface area contributed by atoms with Crippen molar-refractivity contribution < 1.29 is 14.6 Å². The topological polar surface area (TPSA) is 62.7 Å². The van der Waals surface area contributed by atoms with Gasteiger partial charge in [0.15, 0.2) is 0 Å². The van der Waals surface area contributed by atoms with Crippen molar-refractivity contribution in [2.24, 2.45) is 0 Å². The average Bonchev–Trinajstić information content (AvgIpc) is 2.25. The Morgan fingerprint density at radius 3 is 2.50 bits per heavy atom. The lowest BCUT2D eigenvalue weighted by molar-refractivity contribution is 0.0695. The first-order valence-corrected chi connectivity index (χ1v) is 5.75. The van der Waals surface area contributed by atoms with Gasteiger partial charge in [-0.3, -0.25) is 0 Å². The highest BCUT2D eigenvalue weighted by Crippen LogP contribution is 2.16. The Bertz CT molecular complexity index is 442. The molecule has 1 aromatic heterocycles. The number of carboxylic acid groups (broad SMARTS) is 1. The molecule has 1 aromatic rings. The van der Waals surface area contributed by atoms with E-state index < -0.39 is 5.97 Å². The van der Waals surface area contributed by atoms with Gasteiger partial charge < -0.3 is 14.7 Å². The molecule has 0 unspecified atom stereocenters. The molecule has 0 amide bonds. The molecule has 0 bridgehead atoms. The standard InChI is InChI=1S/C13H20N2O3/c1-9-10(12(16)17)6-7-11(14-9)18-8-13(2,3)15(4)5/h6-7H,8H2,1-5H3,(H,16,17). The van der Waals surface area contributed by atoms with Gasteiger partial charge >= 0.3 is 5.97 Å². The predicted molar refractivity (Wildman–Crippen MR) is 69.2 cm³/mol. The smallest absolute Gasteiger partial charge is 0.337 e. The Labute approximate surface area is 107 Å². The Morgan fingerprint density at radius 1 is 1.44 bits per heavy atom. The molecule has 0 fully saturated rings. The minimum absolute atomic E-state index is 0.110. The summed E-state index contributed by atoms with van der Waals surface area (Å²) in [7, 11) is 3.96. The fourth-order valence-electron chi connectivity index (χ4n) is 1.22. The first kappa shape index (κ1) is 14.4. The molecular formula is C13H20N2O3. The molecule has 5 heteroatoms. The van der Waals surface area contributed by atoms with E-state index in [0.717, 1.165) is 0 Å². The number of carbonyl (C=O) groups is 1. The van der Waals surface area contributed by atoms with Crippen LogP contribution in [-0.2, 0) is 0 Å². The average molecular weight is 252 g/mol. The second-order valence-corrected chi connectivity index (χ2v) is 5.08. The molecule has 100 valence electrons. The largest absolute Gasteiger partial charge is 0.478 e. The van der Waals surface area contributed by atoms with Crippen molar-refractivity contribution in [1.29, 1.82) is 0 Å². The Kier molecular flexibility index (Phi) is 4.29. The quantitative estimate of drug-likeness (QED) is 0.866. The summed E-state index contributed by atoms with van der Waals surface area (Å²) in [6.07, 6.45) is 0. The number of carboxylic acids is 1. The highest BCUT2D eigenvalue weighted by atomic mass is 16.5. The number of aryl methyl sites for hydroxylation is 1. The maximum atomic E-state index is 10.9. The third-order valence-corrected chi connectivity index (χ3v) is 3.07. The van der Waals surface area contributed by atoms with E-state index in [2.05, 4.69) is 23.7 Å². The van der Waals surface area contributed by atoms with Crippen LogP contribution in [0.15, 0.2) is 12.1 Å². The van der Waals surface area contributed by atoms with E-state index in [9.17, 15) is 4.79 Å². The van der Waals surface area contributed by atoms with Crippen molar-refractivity contribution in [3.8, 4) is 5.88 Å². The molecule has 18 heavy (non-hydrogen) atoms. The zero-order chi connectivity index (χ0) is 13.9. The predicted octanol–water partition coefficient (Wildman–Crippen LogP) is 1.81. The molecule has 0 aromatic carbocycles. The highest BCUT2D eigenvalue weighted by molar-refractivity contribution is 5.88. The van der Waals surface area contributed by atoms with Crippen LogP contribution in [0.1, 0.15) is 29.9 Å². The van der Waals surface area contributed by atoms with Crippen molar-refractivity contribution in [3.05, 3.63) is 23.4 Å². The van der Waals surface area contributed by atoms with Crippen LogP contribution in [0.2, 0.25) is 0 Å². The van der Waals surface area contributed by atoms with Gasteiger partial charge in [0, 0.05) is 11.6 Å². The number of nitrogens with zero attached hydrogens (tertiary/aromatic N) is 2. The van der Waals surface area contributed by atoms with E-state index in [1.54, 1.807) is 13.0 Å². The molecule has 0 atom stereocenters. The molecule has 5 nitrogen and oxygen atoms in total. The van der Waals surface area contributed by atoms with Crippen molar-refractivity contribution in [3.63, 3.8) is 0 Å². The number of hydrogen-bond acceptors (Lipinski definition) is 4. The summed E-state index contributed by atoms with van der Waals surface area (Å²) in [6.45, 7) is 6.27. The number of aromatic nitrogens is 1. The lowest BCUT2D eigenvalue weighted by Crippen LogP contribution is -2.43. The number of ether oxygens (including phenoxy) is 1. The minimum Gasteiger partial charge on any atom is -0.478 e. The number of likely N-dealkylation sites (N-methyl/N-ethyl adjacent to an activating group) is 1. The Balaban J connectivity index is 2.76. The van der Waals surface area contributed by atoms with Crippen LogP contribution in [0.25, 0.3) is 0 Å². The van der Waals surface area contributed by atoms with Crippen LogP contribution in [-0.4, -0.2) is 47.2 Å². The SMILES string of the molecule is Cc1nc(OCC(C)(C)N(C)C)ccc1C(=O)O. The number of pyridine rings is 1. The molecule has 1 rings (SSSR count). The van der Waals surface area contributed by atoms with Crippen molar-refractivity contribution >= 4 is 5.97 Å². The number of hydrogen-bond donors (Lipinski definition) is 1. The van der Waals surface area contributed by atoms with Crippen LogP contribution >= 0.6 is 0 Å². The molecule has 0 spiro atoms. The summed E-state index contributed by atoms with van der Waals surface area (Å²) in [5, 5.41) is 8.90. The zero-order valence-electron chi connectivity index (χ0n) is 11.5. The summed E-state index contributed by atoms with van der Waals surface area (Å²) in [5.41, 5.74) is 0.554. The van der Waals surface area contributed by atoms with E-state index >= 15 is 0 Å². The summed E-state index contributed by atoms with van der Waals surface area (Å²) in [5.74, 6) is -0.521. The van der Waals surface area contributed by atoms with E-state index in [1.807, 2.05) is 14.1 Å². The summed E-state index contributed by atoms with van der Waals surface area (Å²) in [4.78, 5) is 17.0. The molecule has 0 saturated heterocycles. The zero-order valence-corrected chi connectivity index (χ0v) is 11.5. The molecular weight excluding hydrogens is 232 g/mol. The monoisotopic (exact) mass is 252 g/mol. The van der Waals surface area contributed by atoms with Gasteiger partial charge in [0.1, 0.15) is 6.61 Å². The van der Waals surface area contributed by atoms with Crippen LogP contribution in [0, 0.1) is 6.92 Å². The summed E-state index contributed by atoms with van der Waals surface area (Å²) < 4.78 is 5.60. The third-order valence-electron chi connectivity index (χ3n) is 3.07. The van der Waals surface area contributed by atoms with Gasteiger partial charge in [-0.2, -0.15) is 0 Å². The molecule has 1 heterocycles. The maximum absolute atomic E-state index is 10.9. The number of rotatable bonds is 5. The Morgan fingerprint density at radius 2 is 2.06 bits per heavy atom. The molecule has 0 aliphatic rings. The first-order chi connectivity index (χ1) is 8.24. The second kappa shape index (κ2) is 5.35. The van der Waals surface area contributed by atoms with Gasteiger partial charge in [0.2, 0.25) is 5.88 Å². The lowest BCUT2D eigenvalue weighted by Gasteiger charge is -2.31. The normalized spacial score (nSPS) is 11.7. The third kappa shape index (κ3) is 3.43. The van der Waals surface area contributed by atoms with E-state index in [4.69, 9.17) is 9.84 Å². The van der Waals surface area contributed by atoms with Gasteiger partial charge in [-0.1, -0.05) is 0 Å². The van der Waals surface area contributed by atoms with Gasteiger partial charge in [-0.15, -0.1) is 0 Å². The molecule has 0 saturated carbocycles. The van der Waals surface area contributed by atoms with Crippen LogP contribution in [0.5, 0.6) is 5.88 Å². The van der Waals surface area contributed by atoms with Crippen molar-refractivity contribution in [2.75, 3.05) is 20.7 Å². The fourth-order valence-corrected chi connectivity index (χ4v) is 1.22. The van der Waals surface area contributed by atoms with E-state index in [-0.39, 0.29) is 11.1 Å². The second-order valence-electron chi connectivity index (χ2n) is 5.08. The van der Waals surface area contributed by atoms with Gasteiger partial charge in [-0.25, -0.2) is 9.78 Å². The minimum atomic E-state index is -0.972. The van der Waals surface area contributed by atoms with Gasteiger partial charge in [0.25, 0.3) is 0 Å². The summed E-state index contributed by atoms with van der Waals surface area (Å²) in [6, 6.07) is 3.10. The van der Waals surface area contributed by atoms with Crippen LogP contribution < -0.4 is 4.74 Å². The molecule has 1 N–H and O–H groups in total. The molecule has 0 aliphatic carbocycles.